The van der Waals surface area contributed by atoms with E-state index in [2.05, 4.69) is 84.3 Å². The molecule has 0 bridgehead atoms. The lowest BCUT2D eigenvalue weighted by Gasteiger charge is -2.41. The van der Waals surface area contributed by atoms with E-state index in [4.69, 9.17) is 9.72 Å². The Morgan fingerprint density at radius 3 is 2.45 bits per heavy atom. The topological polar surface area (TPSA) is 54.7 Å². The molecule has 0 saturated carbocycles. The van der Waals surface area contributed by atoms with Gasteiger partial charge in [-0.05, 0) is 66.9 Å². The van der Waals surface area contributed by atoms with Crippen molar-refractivity contribution in [2.45, 2.75) is 32.9 Å². The van der Waals surface area contributed by atoms with Gasteiger partial charge in [0.05, 0.1) is 18.9 Å². The van der Waals surface area contributed by atoms with Crippen LogP contribution in [0.1, 0.15) is 26.3 Å². The summed E-state index contributed by atoms with van der Waals surface area (Å²) in [5.41, 5.74) is 8.30. The minimum atomic E-state index is 0.462. The van der Waals surface area contributed by atoms with Gasteiger partial charge in [-0.25, -0.2) is 9.50 Å². The quantitative estimate of drug-likeness (QED) is 0.299. The number of aromatic nitrogens is 3. The molecule has 1 aliphatic rings. The number of anilines is 1. The second-order valence-corrected chi connectivity index (χ2v) is 10.3. The van der Waals surface area contributed by atoms with E-state index in [0.29, 0.717) is 12.1 Å². The van der Waals surface area contributed by atoms with Crippen LogP contribution < -0.4 is 15.0 Å². The minimum Gasteiger partial charge on any atom is -0.496 e. The number of allylic oxidation sites excluding steroid dienone is 1. The lowest BCUT2D eigenvalue weighted by atomic mass is 9.96. The molecule has 0 aliphatic carbocycles. The van der Waals surface area contributed by atoms with E-state index >= 15 is 0 Å². The zero-order valence-electron chi connectivity index (χ0n) is 22.4. The fraction of sp³-hybridized carbons (Fsp3) is 0.250. The van der Waals surface area contributed by atoms with Gasteiger partial charge in [0.2, 0.25) is 0 Å². The summed E-state index contributed by atoms with van der Waals surface area (Å²) in [6.45, 7) is 12.7. The van der Waals surface area contributed by atoms with Crippen LogP contribution in [-0.2, 0) is 0 Å². The molecule has 3 aromatic carbocycles. The first kappa shape index (κ1) is 24.2. The van der Waals surface area contributed by atoms with Crippen LogP contribution in [0.25, 0.3) is 44.2 Å². The Hall–Kier alpha value is -4.16. The lowest BCUT2D eigenvalue weighted by Crippen LogP contribution is -2.55. The number of piperazine rings is 1. The molecule has 1 aliphatic heterocycles. The molecule has 5 aromatic rings. The molecule has 6 rings (SSSR count). The predicted molar refractivity (Wildman–Crippen MR) is 157 cm³/mol. The molecule has 1 saturated heterocycles. The molecule has 0 spiro atoms. The number of nitrogens with zero attached hydrogens (tertiary/aromatic N) is 4. The molecule has 2 atom stereocenters. The van der Waals surface area contributed by atoms with Gasteiger partial charge in [-0.2, -0.15) is 5.10 Å². The van der Waals surface area contributed by atoms with Gasteiger partial charge < -0.3 is 15.0 Å². The molecule has 1 fully saturated rings. The van der Waals surface area contributed by atoms with Crippen LogP contribution in [0.3, 0.4) is 0 Å². The molecule has 2 aromatic heterocycles. The molecule has 0 unspecified atom stereocenters. The summed E-state index contributed by atoms with van der Waals surface area (Å²) in [5, 5.41) is 10.4. The molecule has 192 valence electrons. The summed E-state index contributed by atoms with van der Waals surface area (Å²) < 4.78 is 7.64. The SMILES string of the molecule is C=C(C)c1ccc2c(-c3cnn4cc(-c5ccc(N6[C@H](C)CNC[C@@H]6C)cc5)cnc34)c(OC)ccc2c1. The fourth-order valence-electron chi connectivity index (χ4n) is 5.69. The van der Waals surface area contributed by atoms with Crippen molar-refractivity contribution < 1.29 is 4.74 Å². The Balaban J connectivity index is 1.38. The van der Waals surface area contributed by atoms with E-state index in [-0.39, 0.29) is 0 Å². The number of hydrogen-bond donors (Lipinski definition) is 1. The first-order chi connectivity index (χ1) is 18.4. The number of rotatable bonds is 5. The number of methoxy groups -OCH3 is 1. The third kappa shape index (κ3) is 4.11. The standard InChI is InChI=1S/C32H33N5O/c1-20(2)24-8-12-28-25(14-24)9-13-30(38-5)31(28)29-18-35-36-19-26(17-34-32(29)36)23-6-10-27(11-7-23)37-21(3)15-33-16-22(37)4/h6-14,17-19,21-22,33H,1,15-16H2,2-5H3/t21-,22+. The van der Waals surface area contributed by atoms with E-state index in [1.807, 2.05) is 36.1 Å². The van der Waals surface area contributed by atoms with Crippen molar-refractivity contribution in [3.63, 3.8) is 0 Å². The van der Waals surface area contributed by atoms with E-state index in [1.165, 1.54) is 5.69 Å². The molecular formula is C32H33N5O. The lowest BCUT2D eigenvalue weighted by molar-refractivity contribution is 0.417. The van der Waals surface area contributed by atoms with E-state index in [1.54, 1.807) is 7.11 Å². The Morgan fingerprint density at radius 2 is 1.74 bits per heavy atom. The van der Waals surface area contributed by atoms with Crippen molar-refractivity contribution >= 4 is 27.7 Å². The zero-order chi connectivity index (χ0) is 26.4. The van der Waals surface area contributed by atoms with Crippen LogP contribution in [0, 0.1) is 0 Å². The second-order valence-electron chi connectivity index (χ2n) is 10.3. The maximum absolute atomic E-state index is 5.78. The summed E-state index contributed by atoms with van der Waals surface area (Å²) in [7, 11) is 1.70. The zero-order valence-corrected chi connectivity index (χ0v) is 22.4. The normalized spacial score (nSPS) is 17.7. The Labute approximate surface area is 223 Å². The highest BCUT2D eigenvalue weighted by molar-refractivity contribution is 6.03. The van der Waals surface area contributed by atoms with Gasteiger partial charge in [-0.15, -0.1) is 0 Å². The molecule has 1 N–H and O–H groups in total. The average molecular weight is 504 g/mol. The van der Waals surface area contributed by atoms with Crippen molar-refractivity contribution in [2.75, 3.05) is 25.1 Å². The number of hydrogen-bond acceptors (Lipinski definition) is 5. The Bertz CT molecular complexity index is 1640. The minimum absolute atomic E-state index is 0.462. The third-order valence-corrected chi connectivity index (χ3v) is 7.65. The molecule has 0 radical (unpaired) electrons. The number of benzene rings is 3. The second kappa shape index (κ2) is 9.62. The summed E-state index contributed by atoms with van der Waals surface area (Å²) in [6.07, 6.45) is 5.86. The van der Waals surface area contributed by atoms with Gasteiger partial charge in [-0.3, -0.25) is 0 Å². The highest BCUT2D eigenvalue weighted by Gasteiger charge is 2.24. The van der Waals surface area contributed by atoms with Crippen molar-refractivity contribution in [1.82, 2.24) is 19.9 Å². The molecule has 6 nitrogen and oxygen atoms in total. The first-order valence-electron chi connectivity index (χ1n) is 13.1. The van der Waals surface area contributed by atoms with E-state index in [9.17, 15) is 0 Å². The highest BCUT2D eigenvalue weighted by atomic mass is 16.5. The highest BCUT2D eigenvalue weighted by Crippen LogP contribution is 2.39. The van der Waals surface area contributed by atoms with Gasteiger partial charge in [0.15, 0.2) is 5.65 Å². The van der Waals surface area contributed by atoms with E-state index in [0.717, 1.165) is 68.6 Å². The summed E-state index contributed by atoms with van der Waals surface area (Å²) in [6, 6.07) is 20.2. The van der Waals surface area contributed by atoms with Crippen LogP contribution in [0.2, 0.25) is 0 Å². The number of nitrogens with one attached hydrogen (secondary N) is 1. The van der Waals surface area contributed by atoms with Gasteiger partial charge in [0, 0.05) is 54.4 Å². The predicted octanol–water partition coefficient (Wildman–Crippen LogP) is 6.44. The Kier molecular flexibility index (Phi) is 6.12. The maximum Gasteiger partial charge on any atom is 0.162 e. The Morgan fingerprint density at radius 1 is 0.974 bits per heavy atom. The van der Waals surface area contributed by atoms with Crippen LogP contribution in [-0.4, -0.2) is 46.9 Å². The summed E-state index contributed by atoms with van der Waals surface area (Å²) in [4.78, 5) is 7.37. The van der Waals surface area contributed by atoms with Crippen LogP contribution in [0.5, 0.6) is 5.75 Å². The van der Waals surface area contributed by atoms with Gasteiger partial charge in [0.1, 0.15) is 5.75 Å². The molecule has 6 heteroatoms. The molecular weight excluding hydrogens is 470 g/mol. The number of fused-ring (bicyclic) bond motifs is 2. The van der Waals surface area contributed by atoms with Gasteiger partial charge >= 0.3 is 0 Å². The largest absolute Gasteiger partial charge is 0.496 e. The summed E-state index contributed by atoms with van der Waals surface area (Å²) in [5.74, 6) is 0.799. The molecule has 0 amide bonds. The molecule has 3 heterocycles. The van der Waals surface area contributed by atoms with Crippen molar-refractivity contribution in [2.24, 2.45) is 0 Å². The van der Waals surface area contributed by atoms with Crippen molar-refractivity contribution in [1.29, 1.82) is 0 Å². The number of ether oxygens (including phenoxy) is 1. The average Bonchev–Trinajstić information content (AvgIpc) is 3.35. The smallest absolute Gasteiger partial charge is 0.162 e. The monoisotopic (exact) mass is 503 g/mol. The maximum atomic E-state index is 5.78. The van der Waals surface area contributed by atoms with E-state index < -0.39 is 0 Å². The van der Waals surface area contributed by atoms with Crippen molar-refractivity contribution in [3.05, 3.63) is 85.3 Å². The van der Waals surface area contributed by atoms with Gasteiger partial charge in [-0.1, -0.05) is 42.5 Å². The summed E-state index contributed by atoms with van der Waals surface area (Å²) >= 11 is 0. The third-order valence-electron chi connectivity index (χ3n) is 7.65. The van der Waals surface area contributed by atoms with Crippen molar-refractivity contribution in [3.8, 4) is 28.0 Å². The van der Waals surface area contributed by atoms with Crippen LogP contribution in [0.15, 0.2) is 79.8 Å². The first-order valence-corrected chi connectivity index (χ1v) is 13.1. The molecule has 38 heavy (non-hydrogen) atoms. The van der Waals surface area contributed by atoms with Crippen LogP contribution in [0.4, 0.5) is 5.69 Å². The van der Waals surface area contributed by atoms with Crippen LogP contribution >= 0.6 is 0 Å². The van der Waals surface area contributed by atoms with Gasteiger partial charge in [0.25, 0.3) is 0 Å². The fourth-order valence-corrected chi connectivity index (χ4v) is 5.69.